The quantitative estimate of drug-likeness (QED) is 0.336. The van der Waals surface area contributed by atoms with Crippen LogP contribution in [0.25, 0.3) is 0 Å². The van der Waals surface area contributed by atoms with Crippen molar-refractivity contribution >= 4 is 55.7 Å². The molecule has 5 nitrogen and oxygen atoms in total. The number of halogens is 2. The summed E-state index contributed by atoms with van der Waals surface area (Å²) < 4.78 is 24.7. The van der Waals surface area contributed by atoms with Crippen molar-refractivity contribution in [3.63, 3.8) is 0 Å². The van der Waals surface area contributed by atoms with Gasteiger partial charge in [0.05, 0.1) is 17.0 Å². The Morgan fingerprint density at radius 1 is 1.28 bits per heavy atom. The average molecular weight is 546 g/mol. The molecule has 0 fully saturated rings. The monoisotopic (exact) mass is 545 g/mol. The highest BCUT2D eigenvalue weighted by Gasteiger charge is 2.28. The van der Waals surface area contributed by atoms with Crippen LogP contribution in [0.15, 0.2) is 33.7 Å². The Morgan fingerprint density at radius 3 is 2.40 bits per heavy atom. The standard InChI is InChI=1S/C17H28BrN3O2S.HI/c1-6-19-16(20-11-12-24(22,23)17(2,3)4)21(5)13-14-9-7-8-10-15(14)18;/h7-10H,6,11-13H2,1-5H3,(H,19,20);1H. The van der Waals surface area contributed by atoms with Crippen LogP contribution in [0.5, 0.6) is 0 Å². The third kappa shape index (κ3) is 7.82. The molecule has 0 saturated carbocycles. The molecule has 0 radical (unpaired) electrons. The van der Waals surface area contributed by atoms with Gasteiger partial charge in [0.1, 0.15) is 0 Å². The maximum absolute atomic E-state index is 12.2. The average Bonchev–Trinajstić information content (AvgIpc) is 2.47. The molecule has 25 heavy (non-hydrogen) atoms. The molecule has 1 rings (SSSR count). The van der Waals surface area contributed by atoms with Gasteiger partial charge in [-0.1, -0.05) is 34.1 Å². The van der Waals surface area contributed by atoms with Crippen LogP contribution in [0, 0.1) is 0 Å². The van der Waals surface area contributed by atoms with Crippen molar-refractivity contribution in [1.82, 2.24) is 10.2 Å². The second-order valence-corrected chi connectivity index (χ2v) is 10.3. The molecule has 1 N–H and O–H groups in total. The number of rotatable bonds is 6. The minimum absolute atomic E-state index is 0. The van der Waals surface area contributed by atoms with E-state index in [1.54, 1.807) is 20.8 Å². The van der Waals surface area contributed by atoms with E-state index in [1.165, 1.54) is 0 Å². The van der Waals surface area contributed by atoms with Gasteiger partial charge in [-0.3, -0.25) is 4.99 Å². The summed E-state index contributed by atoms with van der Waals surface area (Å²) in [5.74, 6) is 0.756. The summed E-state index contributed by atoms with van der Waals surface area (Å²) in [6.07, 6.45) is 0. The number of benzene rings is 1. The smallest absolute Gasteiger partial charge is 0.193 e. The van der Waals surface area contributed by atoms with Crippen molar-refractivity contribution in [2.75, 3.05) is 25.9 Å². The first-order valence-electron chi connectivity index (χ1n) is 8.03. The van der Waals surface area contributed by atoms with Gasteiger partial charge in [-0.05, 0) is 39.3 Å². The molecular formula is C17H29BrIN3O2S. The fourth-order valence-corrected chi connectivity index (χ4v) is 3.36. The first kappa shape index (κ1) is 24.7. The minimum Gasteiger partial charge on any atom is -0.357 e. The molecule has 0 spiro atoms. The number of aliphatic imine (C=N–C) groups is 1. The predicted molar refractivity (Wildman–Crippen MR) is 121 cm³/mol. The van der Waals surface area contributed by atoms with Gasteiger partial charge in [0.25, 0.3) is 0 Å². The first-order chi connectivity index (χ1) is 11.1. The highest BCUT2D eigenvalue weighted by molar-refractivity contribution is 14.0. The van der Waals surface area contributed by atoms with Crippen LogP contribution >= 0.6 is 39.9 Å². The van der Waals surface area contributed by atoms with Crippen LogP contribution in [-0.4, -0.2) is 49.9 Å². The Balaban J connectivity index is 0.00000576. The van der Waals surface area contributed by atoms with Gasteiger partial charge < -0.3 is 10.2 Å². The Hall–Kier alpha value is -0.350. The third-order valence-corrected chi connectivity index (χ3v) is 6.98. The molecule has 0 heterocycles. The van der Waals surface area contributed by atoms with Crippen LogP contribution in [0.3, 0.4) is 0 Å². The van der Waals surface area contributed by atoms with Crippen molar-refractivity contribution < 1.29 is 8.42 Å². The van der Waals surface area contributed by atoms with Gasteiger partial charge >= 0.3 is 0 Å². The van der Waals surface area contributed by atoms with Gasteiger partial charge in [-0.2, -0.15) is 0 Å². The van der Waals surface area contributed by atoms with Crippen LogP contribution < -0.4 is 5.32 Å². The van der Waals surface area contributed by atoms with Crippen molar-refractivity contribution in [3.8, 4) is 0 Å². The van der Waals surface area contributed by atoms with Crippen LogP contribution in [0.4, 0.5) is 0 Å². The summed E-state index contributed by atoms with van der Waals surface area (Å²) in [4.78, 5) is 6.47. The van der Waals surface area contributed by atoms with Crippen LogP contribution in [0.1, 0.15) is 33.3 Å². The molecular weight excluding hydrogens is 517 g/mol. The number of hydrogen-bond donors (Lipinski definition) is 1. The largest absolute Gasteiger partial charge is 0.357 e. The molecule has 1 aromatic carbocycles. The van der Waals surface area contributed by atoms with E-state index in [0.29, 0.717) is 12.5 Å². The topological polar surface area (TPSA) is 61.8 Å². The van der Waals surface area contributed by atoms with E-state index in [4.69, 9.17) is 0 Å². The summed E-state index contributed by atoms with van der Waals surface area (Å²) >= 11 is 3.55. The van der Waals surface area contributed by atoms with Gasteiger partial charge in [-0.25, -0.2) is 8.42 Å². The van der Waals surface area contributed by atoms with Gasteiger partial charge in [0, 0.05) is 24.6 Å². The lowest BCUT2D eigenvalue weighted by Gasteiger charge is -2.23. The molecule has 0 bridgehead atoms. The normalized spacial score (nSPS) is 12.5. The summed E-state index contributed by atoms with van der Waals surface area (Å²) in [7, 11) is -1.22. The lowest BCUT2D eigenvalue weighted by Crippen LogP contribution is -2.39. The minimum atomic E-state index is -3.16. The summed E-state index contributed by atoms with van der Waals surface area (Å²) in [5, 5.41) is 3.21. The van der Waals surface area contributed by atoms with Crippen molar-refractivity contribution in [2.24, 2.45) is 4.99 Å². The maximum atomic E-state index is 12.2. The molecule has 0 aliphatic carbocycles. The Labute approximate surface area is 177 Å². The van der Waals surface area contributed by atoms with E-state index in [-0.39, 0.29) is 36.3 Å². The lowest BCUT2D eigenvalue weighted by atomic mass is 10.2. The molecule has 1 aromatic rings. The highest BCUT2D eigenvalue weighted by Crippen LogP contribution is 2.18. The number of sulfone groups is 1. The fourth-order valence-electron chi connectivity index (χ4n) is 2.00. The number of guanidine groups is 1. The molecule has 0 aliphatic heterocycles. The zero-order chi connectivity index (χ0) is 18.4. The lowest BCUT2D eigenvalue weighted by molar-refractivity contribution is 0.476. The number of hydrogen-bond acceptors (Lipinski definition) is 3. The zero-order valence-corrected chi connectivity index (χ0v) is 20.3. The van der Waals surface area contributed by atoms with Gasteiger partial charge in [0.2, 0.25) is 0 Å². The van der Waals surface area contributed by atoms with E-state index >= 15 is 0 Å². The molecule has 0 atom stereocenters. The van der Waals surface area contributed by atoms with Crippen molar-refractivity contribution in [3.05, 3.63) is 34.3 Å². The summed E-state index contributed by atoms with van der Waals surface area (Å²) in [6.45, 7) is 8.81. The number of nitrogens with zero attached hydrogens (tertiary/aromatic N) is 2. The SMILES string of the molecule is CCNC(=NCCS(=O)(=O)C(C)(C)C)N(C)Cc1ccccc1Br.I. The third-order valence-electron chi connectivity index (χ3n) is 3.62. The van der Waals surface area contributed by atoms with E-state index in [9.17, 15) is 8.42 Å². The van der Waals surface area contributed by atoms with E-state index in [2.05, 4.69) is 26.2 Å². The molecule has 0 aliphatic rings. The van der Waals surface area contributed by atoms with E-state index < -0.39 is 14.6 Å². The molecule has 8 heteroatoms. The maximum Gasteiger partial charge on any atom is 0.193 e. The van der Waals surface area contributed by atoms with Gasteiger partial charge in [-0.15, -0.1) is 24.0 Å². The molecule has 0 aromatic heterocycles. The van der Waals surface area contributed by atoms with E-state index in [1.807, 2.05) is 43.1 Å². The molecule has 0 unspecified atom stereocenters. The Bertz CT molecular complexity index is 673. The van der Waals surface area contributed by atoms with Gasteiger partial charge in [0.15, 0.2) is 15.8 Å². The van der Waals surface area contributed by atoms with E-state index in [0.717, 1.165) is 16.6 Å². The summed E-state index contributed by atoms with van der Waals surface area (Å²) in [6, 6.07) is 8.02. The molecule has 0 amide bonds. The zero-order valence-electron chi connectivity index (χ0n) is 15.5. The second kappa shape index (κ2) is 10.7. The highest BCUT2D eigenvalue weighted by atomic mass is 127. The fraction of sp³-hybridized carbons (Fsp3) is 0.588. The second-order valence-electron chi connectivity index (χ2n) is 6.61. The van der Waals surface area contributed by atoms with Crippen LogP contribution in [-0.2, 0) is 16.4 Å². The first-order valence-corrected chi connectivity index (χ1v) is 10.5. The van der Waals surface area contributed by atoms with Crippen molar-refractivity contribution in [2.45, 2.75) is 39.0 Å². The van der Waals surface area contributed by atoms with Crippen LogP contribution in [0.2, 0.25) is 0 Å². The number of nitrogens with one attached hydrogen (secondary N) is 1. The molecule has 0 saturated heterocycles. The summed E-state index contributed by atoms with van der Waals surface area (Å²) in [5.41, 5.74) is 1.15. The molecule has 144 valence electrons. The predicted octanol–water partition coefficient (Wildman–Crippen LogP) is 3.68. The Kier molecular flexibility index (Phi) is 10.6. The van der Waals surface area contributed by atoms with Crippen molar-refractivity contribution in [1.29, 1.82) is 0 Å². The Morgan fingerprint density at radius 2 is 1.88 bits per heavy atom.